The minimum Gasteiger partial charge on any atom is -0.339 e. The summed E-state index contributed by atoms with van der Waals surface area (Å²) in [6.45, 7) is 5.08. The van der Waals surface area contributed by atoms with Crippen LogP contribution < -0.4 is 0 Å². The summed E-state index contributed by atoms with van der Waals surface area (Å²) in [6, 6.07) is 2.90. The molecule has 20 heavy (non-hydrogen) atoms. The minimum atomic E-state index is -3.83. The Kier molecular flexibility index (Phi) is 4.39. The average Bonchev–Trinajstić information content (AvgIpc) is 2.40. The zero-order valence-corrected chi connectivity index (χ0v) is 13.2. The van der Waals surface area contributed by atoms with E-state index in [1.165, 1.54) is 12.1 Å². The van der Waals surface area contributed by atoms with E-state index < -0.39 is 9.05 Å². The molecule has 0 bridgehead atoms. The smallest absolute Gasteiger partial charge is 0.261 e. The van der Waals surface area contributed by atoms with E-state index in [0.717, 1.165) is 43.5 Å². The largest absolute Gasteiger partial charge is 0.339 e. The van der Waals surface area contributed by atoms with Crippen molar-refractivity contribution in [1.82, 2.24) is 4.90 Å². The van der Waals surface area contributed by atoms with Crippen LogP contribution >= 0.6 is 10.7 Å². The normalized spacial score (nSPS) is 16.2. The Morgan fingerprint density at radius 2 is 1.75 bits per heavy atom. The second-order valence-electron chi connectivity index (χ2n) is 5.20. The van der Waals surface area contributed by atoms with Crippen molar-refractivity contribution in [2.75, 3.05) is 13.1 Å². The summed E-state index contributed by atoms with van der Waals surface area (Å²) >= 11 is 0. The lowest BCUT2D eigenvalue weighted by Gasteiger charge is -2.27. The number of hydrogen-bond donors (Lipinski definition) is 0. The van der Waals surface area contributed by atoms with Crippen molar-refractivity contribution >= 4 is 25.6 Å². The first-order valence-electron chi connectivity index (χ1n) is 6.66. The molecule has 4 nitrogen and oxygen atoms in total. The number of nitrogens with zero attached hydrogens (tertiary/aromatic N) is 1. The van der Waals surface area contributed by atoms with Gasteiger partial charge < -0.3 is 4.90 Å². The summed E-state index contributed by atoms with van der Waals surface area (Å²) in [5, 5.41) is 0. The van der Waals surface area contributed by atoms with Crippen molar-refractivity contribution in [3.8, 4) is 0 Å². The molecule has 0 saturated carbocycles. The van der Waals surface area contributed by atoms with Crippen molar-refractivity contribution in [1.29, 1.82) is 0 Å². The number of carbonyl (C=O) groups is 1. The molecule has 1 heterocycles. The molecule has 1 amide bonds. The van der Waals surface area contributed by atoms with Gasteiger partial charge in [0.15, 0.2) is 0 Å². The number of carbonyl (C=O) groups excluding carboxylic acids is 1. The fourth-order valence-corrected chi connectivity index (χ4v) is 3.30. The fourth-order valence-electron chi connectivity index (χ4n) is 2.46. The SMILES string of the molecule is Cc1cc(S(=O)(=O)Cl)cc(C(=O)N2CCCCC2)c1C. The van der Waals surface area contributed by atoms with Crippen LogP contribution in [0, 0.1) is 13.8 Å². The summed E-state index contributed by atoms with van der Waals surface area (Å²) in [7, 11) is 1.57. The number of rotatable bonds is 2. The second kappa shape index (κ2) is 5.74. The minimum absolute atomic E-state index is 0.0115. The van der Waals surface area contributed by atoms with Gasteiger partial charge in [0, 0.05) is 29.3 Å². The molecule has 0 aliphatic carbocycles. The number of benzene rings is 1. The third-order valence-corrected chi connectivity index (χ3v) is 5.13. The van der Waals surface area contributed by atoms with Gasteiger partial charge >= 0.3 is 0 Å². The zero-order valence-electron chi connectivity index (χ0n) is 11.6. The topological polar surface area (TPSA) is 54.5 Å². The van der Waals surface area contributed by atoms with Gasteiger partial charge in [0.25, 0.3) is 15.0 Å². The van der Waals surface area contributed by atoms with Gasteiger partial charge in [-0.05, 0) is 56.4 Å². The van der Waals surface area contributed by atoms with E-state index in [2.05, 4.69) is 0 Å². The van der Waals surface area contributed by atoms with E-state index in [4.69, 9.17) is 10.7 Å². The third kappa shape index (κ3) is 3.15. The van der Waals surface area contributed by atoms with Crippen LogP contribution in [0.4, 0.5) is 0 Å². The molecule has 0 aromatic heterocycles. The molecule has 0 atom stereocenters. The van der Waals surface area contributed by atoms with Gasteiger partial charge in [0.2, 0.25) is 0 Å². The Bertz CT molecular complexity index is 634. The van der Waals surface area contributed by atoms with E-state index in [1.807, 2.05) is 6.92 Å². The quantitative estimate of drug-likeness (QED) is 0.789. The first kappa shape index (κ1) is 15.3. The van der Waals surface area contributed by atoms with E-state index >= 15 is 0 Å². The van der Waals surface area contributed by atoms with Gasteiger partial charge in [0.05, 0.1) is 4.90 Å². The van der Waals surface area contributed by atoms with Crippen molar-refractivity contribution in [2.24, 2.45) is 0 Å². The molecule has 1 saturated heterocycles. The molecule has 1 aromatic carbocycles. The van der Waals surface area contributed by atoms with Crippen LogP contribution in [0.2, 0.25) is 0 Å². The Labute approximate surface area is 124 Å². The Hall–Kier alpha value is -1.07. The zero-order chi connectivity index (χ0) is 14.9. The molecule has 2 rings (SSSR count). The third-order valence-electron chi connectivity index (χ3n) is 3.80. The molecule has 1 aliphatic rings. The van der Waals surface area contributed by atoms with Crippen LogP contribution in [0.3, 0.4) is 0 Å². The van der Waals surface area contributed by atoms with Gasteiger partial charge in [-0.1, -0.05) is 0 Å². The molecule has 6 heteroatoms. The molecule has 0 spiro atoms. The maximum absolute atomic E-state index is 12.5. The summed E-state index contributed by atoms with van der Waals surface area (Å²) < 4.78 is 23.0. The molecular formula is C14H18ClNO3S. The van der Waals surface area contributed by atoms with Crippen molar-refractivity contribution in [3.63, 3.8) is 0 Å². The lowest BCUT2D eigenvalue weighted by atomic mass is 10.0. The first-order chi connectivity index (χ1) is 9.30. The van der Waals surface area contributed by atoms with Crippen LogP contribution in [-0.2, 0) is 9.05 Å². The van der Waals surface area contributed by atoms with E-state index in [1.54, 1.807) is 11.8 Å². The second-order valence-corrected chi connectivity index (χ2v) is 7.77. The number of amides is 1. The lowest BCUT2D eigenvalue weighted by Crippen LogP contribution is -2.36. The molecule has 1 aromatic rings. The summed E-state index contributed by atoms with van der Waals surface area (Å²) in [6.07, 6.45) is 3.13. The van der Waals surface area contributed by atoms with Gasteiger partial charge in [-0.2, -0.15) is 0 Å². The summed E-state index contributed by atoms with van der Waals surface area (Å²) in [5.41, 5.74) is 2.00. The van der Waals surface area contributed by atoms with Crippen LogP contribution in [0.1, 0.15) is 40.7 Å². The Balaban J connectivity index is 2.44. The fraction of sp³-hybridized carbons (Fsp3) is 0.500. The molecule has 1 fully saturated rings. The standard InChI is InChI=1S/C14H18ClNO3S/c1-10-8-12(20(15,18)19)9-13(11(10)2)14(17)16-6-4-3-5-7-16/h8-9H,3-7H2,1-2H3. The number of likely N-dealkylation sites (tertiary alicyclic amines) is 1. The van der Waals surface area contributed by atoms with Gasteiger partial charge in [-0.15, -0.1) is 0 Å². The highest BCUT2D eigenvalue weighted by Crippen LogP contribution is 2.24. The van der Waals surface area contributed by atoms with Gasteiger partial charge in [-0.25, -0.2) is 8.42 Å². The first-order valence-corrected chi connectivity index (χ1v) is 8.97. The maximum Gasteiger partial charge on any atom is 0.261 e. The Morgan fingerprint density at radius 1 is 1.15 bits per heavy atom. The maximum atomic E-state index is 12.5. The molecule has 0 unspecified atom stereocenters. The number of halogens is 1. The average molecular weight is 316 g/mol. The molecule has 0 radical (unpaired) electrons. The van der Waals surface area contributed by atoms with E-state index in [-0.39, 0.29) is 10.8 Å². The predicted molar refractivity (Wildman–Crippen MR) is 78.7 cm³/mol. The van der Waals surface area contributed by atoms with Crippen LogP contribution in [0.15, 0.2) is 17.0 Å². The molecule has 110 valence electrons. The monoisotopic (exact) mass is 315 g/mol. The highest BCUT2D eigenvalue weighted by Gasteiger charge is 2.23. The Morgan fingerprint density at radius 3 is 2.30 bits per heavy atom. The van der Waals surface area contributed by atoms with Crippen molar-refractivity contribution < 1.29 is 13.2 Å². The lowest BCUT2D eigenvalue weighted by molar-refractivity contribution is 0.0723. The highest BCUT2D eigenvalue weighted by atomic mass is 35.7. The number of aryl methyl sites for hydroxylation is 1. The number of piperidine rings is 1. The van der Waals surface area contributed by atoms with E-state index in [0.29, 0.717) is 5.56 Å². The predicted octanol–water partition coefficient (Wildman–Crippen LogP) is 2.86. The van der Waals surface area contributed by atoms with Crippen molar-refractivity contribution in [2.45, 2.75) is 38.0 Å². The van der Waals surface area contributed by atoms with Gasteiger partial charge in [0.1, 0.15) is 0 Å². The van der Waals surface area contributed by atoms with E-state index in [9.17, 15) is 13.2 Å². The molecule has 1 aliphatic heterocycles. The summed E-state index contributed by atoms with van der Waals surface area (Å²) in [4.78, 5) is 14.3. The van der Waals surface area contributed by atoms with Crippen LogP contribution in [0.25, 0.3) is 0 Å². The van der Waals surface area contributed by atoms with Crippen LogP contribution in [0.5, 0.6) is 0 Å². The highest BCUT2D eigenvalue weighted by molar-refractivity contribution is 8.13. The summed E-state index contributed by atoms with van der Waals surface area (Å²) in [5.74, 6) is -0.104. The molecule has 0 N–H and O–H groups in total. The molecular weight excluding hydrogens is 298 g/mol. The van der Waals surface area contributed by atoms with Crippen molar-refractivity contribution in [3.05, 3.63) is 28.8 Å². The van der Waals surface area contributed by atoms with Gasteiger partial charge in [-0.3, -0.25) is 4.79 Å². The number of hydrogen-bond acceptors (Lipinski definition) is 3. The van der Waals surface area contributed by atoms with Crippen LogP contribution in [-0.4, -0.2) is 32.3 Å².